The number of carboxylic acids is 1. The van der Waals surface area contributed by atoms with Crippen molar-refractivity contribution in [2.24, 2.45) is 5.10 Å². The molecule has 5 heteroatoms. The maximum Gasteiger partial charge on any atom is 0.328 e. The van der Waals surface area contributed by atoms with Gasteiger partial charge in [0.2, 0.25) is 0 Å². The highest BCUT2D eigenvalue weighted by molar-refractivity contribution is 6.04. The Morgan fingerprint density at radius 1 is 1.47 bits per heavy atom. The molecule has 78 valence electrons. The van der Waals surface area contributed by atoms with Crippen molar-refractivity contribution in [3.05, 3.63) is 35.6 Å². The van der Waals surface area contributed by atoms with Crippen LogP contribution in [-0.4, -0.2) is 22.8 Å². The van der Waals surface area contributed by atoms with Gasteiger partial charge < -0.3 is 5.11 Å². The quantitative estimate of drug-likeness (QED) is 0.761. The van der Waals surface area contributed by atoms with Crippen LogP contribution in [0.15, 0.2) is 29.4 Å². The number of hydrogen-bond donors (Lipinski definition) is 2. The molecule has 0 aromatic heterocycles. The van der Waals surface area contributed by atoms with Gasteiger partial charge in [-0.25, -0.2) is 9.18 Å². The van der Waals surface area contributed by atoms with Crippen LogP contribution in [0.1, 0.15) is 12.0 Å². The average molecular weight is 208 g/mol. The van der Waals surface area contributed by atoms with Crippen molar-refractivity contribution >= 4 is 11.7 Å². The Kier molecular flexibility index (Phi) is 2.37. The molecule has 1 heterocycles. The Labute approximate surface area is 85.4 Å². The van der Waals surface area contributed by atoms with Gasteiger partial charge in [0.1, 0.15) is 11.9 Å². The van der Waals surface area contributed by atoms with E-state index in [1.165, 1.54) is 12.1 Å². The lowest BCUT2D eigenvalue weighted by Gasteiger charge is -2.01. The molecule has 0 radical (unpaired) electrons. The predicted octanol–water partition coefficient (Wildman–Crippen LogP) is 0.976. The van der Waals surface area contributed by atoms with Gasteiger partial charge in [0, 0.05) is 6.42 Å². The molecule has 1 aliphatic rings. The smallest absolute Gasteiger partial charge is 0.328 e. The normalized spacial score (nSPS) is 19.5. The van der Waals surface area contributed by atoms with Gasteiger partial charge in [-0.2, -0.15) is 5.10 Å². The van der Waals surface area contributed by atoms with Gasteiger partial charge in [-0.1, -0.05) is 12.1 Å². The summed E-state index contributed by atoms with van der Waals surface area (Å²) in [6, 6.07) is 5.14. The van der Waals surface area contributed by atoms with Crippen molar-refractivity contribution in [1.29, 1.82) is 0 Å². The van der Waals surface area contributed by atoms with Gasteiger partial charge in [-0.05, 0) is 17.7 Å². The van der Waals surface area contributed by atoms with Gasteiger partial charge in [0.15, 0.2) is 0 Å². The molecule has 1 aliphatic heterocycles. The van der Waals surface area contributed by atoms with Crippen LogP contribution in [0, 0.1) is 5.82 Å². The van der Waals surface area contributed by atoms with Crippen LogP contribution >= 0.6 is 0 Å². The van der Waals surface area contributed by atoms with Crippen LogP contribution in [-0.2, 0) is 4.79 Å². The molecule has 0 saturated carbocycles. The summed E-state index contributed by atoms with van der Waals surface area (Å²) in [4.78, 5) is 10.6. The Morgan fingerprint density at radius 2 is 2.13 bits per heavy atom. The van der Waals surface area contributed by atoms with Gasteiger partial charge >= 0.3 is 5.97 Å². The summed E-state index contributed by atoms with van der Waals surface area (Å²) in [5, 5.41) is 12.6. The van der Waals surface area contributed by atoms with E-state index in [4.69, 9.17) is 5.11 Å². The first kappa shape index (κ1) is 9.64. The molecule has 15 heavy (non-hydrogen) atoms. The van der Waals surface area contributed by atoms with Crippen LogP contribution in [0.5, 0.6) is 0 Å². The Bertz CT molecular complexity index is 414. The Hall–Kier alpha value is -1.91. The zero-order chi connectivity index (χ0) is 10.8. The van der Waals surface area contributed by atoms with E-state index in [9.17, 15) is 9.18 Å². The number of carbonyl (C=O) groups is 1. The topological polar surface area (TPSA) is 61.7 Å². The lowest BCUT2D eigenvalue weighted by Crippen LogP contribution is -2.29. The van der Waals surface area contributed by atoms with Crippen LogP contribution in [0.2, 0.25) is 0 Å². The molecule has 2 N–H and O–H groups in total. The van der Waals surface area contributed by atoms with Crippen LogP contribution in [0.3, 0.4) is 0 Å². The number of carboxylic acid groups (broad SMARTS) is 1. The minimum atomic E-state index is -0.934. The maximum absolute atomic E-state index is 12.6. The number of nitrogens with one attached hydrogen (secondary N) is 1. The highest BCUT2D eigenvalue weighted by Gasteiger charge is 2.25. The molecule has 0 bridgehead atoms. The summed E-state index contributed by atoms with van der Waals surface area (Å²) < 4.78 is 12.6. The fraction of sp³-hybridized carbons (Fsp3) is 0.200. The van der Waals surface area contributed by atoms with Crippen molar-refractivity contribution in [3.63, 3.8) is 0 Å². The first-order valence-corrected chi connectivity index (χ1v) is 4.47. The Morgan fingerprint density at radius 3 is 2.67 bits per heavy atom. The molecule has 4 nitrogen and oxygen atoms in total. The molecule has 0 spiro atoms. The SMILES string of the molecule is O=C(O)[C@@H]1CC(c2ccc(F)cc2)=NN1. The molecule has 0 saturated heterocycles. The van der Waals surface area contributed by atoms with Crippen molar-refractivity contribution in [3.8, 4) is 0 Å². The molecule has 0 aliphatic carbocycles. The standard InChI is InChI=1S/C10H9FN2O2/c11-7-3-1-6(2-4-7)8-5-9(10(14)15)13-12-8/h1-4,9,13H,5H2,(H,14,15)/t9-/m0/s1. The number of aliphatic carboxylic acids is 1. The third kappa shape index (κ3) is 1.96. The lowest BCUT2D eigenvalue weighted by atomic mass is 10.0. The van der Waals surface area contributed by atoms with Crippen molar-refractivity contribution in [1.82, 2.24) is 5.43 Å². The highest BCUT2D eigenvalue weighted by atomic mass is 19.1. The molecule has 1 aromatic carbocycles. The fourth-order valence-electron chi connectivity index (χ4n) is 1.41. The van der Waals surface area contributed by atoms with Crippen LogP contribution in [0.4, 0.5) is 4.39 Å². The van der Waals surface area contributed by atoms with Gasteiger partial charge in [-0.3, -0.25) is 5.43 Å². The van der Waals surface area contributed by atoms with Gasteiger partial charge in [0.25, 0.3) is 0 Å². The van der Waals surface area contributed by atoms with Crippen molar-refractivity contribution < 1.29 is 14.3 Å². The lowest BCUT2D eigenvalue weighted by molar-refractivity contribution is -0.139. The third-order valence-corrected chi connectivity index (χ3v) is 2.23. The largest absolute Gasteiger partial charge is 0.480 e. The van der Waals surface area contributed by atoms with Gasteiger partial charge in [0.05, 0.1) is 5.71 Å². The first-order valence-electron chi connectivity index (χ1n) is 4.47. The summed E-state index contributed by atoms with van der Waals surface area (Å²) in [6.45, 7) is 0. The summed E-state index contributed by atoms with van der Waals surface area (Å²) in [5.74, 6) is -1.25. The second kappa shape index (κ2) is 3.68. The maximum atomic E-state index is 12.6. The zero-order valence-electron chi connectivity index (χ0n) is 7.77. The van der Waals surface area contributed by atoms with E-state index in [1.807, 2.05) is 0 Å². The molecule has 1 atom stereocenters. The van der Waals surface area contributed by atoms with E-state index in [0.29, 0.717) is 12.1 Å². The molecular weight excluding hydrogens is 199 g/mol. The molecule has 0 amide bonds. The number of hydrogen-bond acceptors (Lipinski definition) is 3. The van der Waals surface area contributed by atoms with Crippen LogP contribution in [0.25, 0.3) is 0 Å². The number of hydrazone groups is 1. The van der Waals surface area contributed by atoms with E-state index in [-0.39, 0.29) is 5.82 Å². The fourth-order valence-corrected chi connectivity index (χ4v) is 1.41. The predicted molar refractivity (Wildman–Crippen MR) is 52.1 cm³/mol. The van der Waals surface area contributed by atoms with Crippen molar-refractivity contribution in [2.45, 2.75) is 12.5 Å². The van der Waals surface area contributed by atoms with Crippen molar-refractivity contribution in [2.75, 3.05) is 0 Å². The minimum Gasteiger partial charge on any atom is -0.480 e. The summed E-state index contributed by atoms with van der Waals surface area (Å²) >= 11 is 0. The monoisotopic (exact) mass is 208 g/mol. The van der Waals surface area contributed by atoms with Gasteiger partial charge in [-0.15, -0.1) is 0 Å². The second-order valence-electron chi connectivity index (χ2n) is 3.29. The second-order valence-corrected chi connectivity index (χ2v) is 3.29. The zero-order valence-corrected chi connectivity index (χ0v) is 7.77. The van der Waals surface area contributed by atoms with E-state index in [2.05, 4.69) is 10.5 Å². The van der Waals surface area contributed by atoms with E-state index in [0.717, 1.165) is 5.56 Å². The summed E-state index contributed by atoms with van der Waals surface area (Å²) in [5.41, 5.74) is 3.90. The molecule has 0 fully saturated rings. The summed E-state index contributed by atoms with van der Waals surface area (Å²) in [6.07, 6.45) is 0.320. The molecule has 1 aromatic rings. The van der Waals surface area contributed by atoms with Crippen LogP contribution < -0.4 is 5.43 Å². The van der Waals surface area contributed by atoms with E-state index < -0.39 is 12.0 Å². The summed E-state index contributed by atoms with van der Waals surface area (Å²) in [7, 11) is 0. The number of rotatable bonds is 2. The third-order valence-electron chi connectivity index (χ3n) is 2.23. The minimum absolute atomic E-state index is 0.319. The molecule has 0 unspecified atom stereocenters. The number of halogens is 1. The molecular formula is C10H9FN2O2. The first-order chi connectivity index (χ1) is 7.16. The Balaban J connectivity index is 2.14. The highest BCUT2D eigenvalue weighted by Crippen LogP contribution is 2.12. The molecule has 2 rings (SSSR count). The number of benzene rings is 1. The van der Waals surface area contributed by atoms with E-state index >= 15 is 0 Å². The average Bonchev–Trinajstić information content (AvgIpc) is 2.68. The van der Waals surface area contributed by atoms with E-state index in [1.54, 1.807) is 12.1 Å². The number of nitrogens with zero attached hydrogens (tertiary/aromatic N) is 1.